The number of amides is 2. The highest BCUT2D eigenvalue weighted by molar-refractivity contribution is 5.80. The highest BCUT2D eigenvalue weighted by atomic mass is 16.2. The lowest BCUT2D eigenvalue weighted by Crippen LogP contribution is -2.56. The van der Waals surface area contributed by atoms with Gasteiger partial charge in [-0.05, 0) is 30.0 Å². The number of anilines is 1. The lowest BCUT2D eigenvalue weighted by molar-refractivity contribution is -0.140. The maximum atomic E-state index is 13.6. The molecule has 2 aromatic rings. The molecule has 0 spiro atoms. The Morgan fingerprint density at radius 1 is 0.848 bits per heavy atom. The molecule has 0 bridgehead atoms. The van der Waals surface area contributed by atoms with Gasteiger partial charge in [0.2, 0.25) is 11.8 Å². The van der Waals surface area contributed by atoms with E-state index in [1.165, 1.54) is 16.8 Å². The summed E-state index contributed by atoms with van der Waals surface area (Å²) < 4.78 is 0. The van der Waals surface area contributed by atoms with Crippen LogP contribution in [0.15, 0.2) is 54.6 Å². The Kier molecular flexibility index (Phi) is 6.36. The number of fused-ring (bicyclic) bond motifs is 3. The van der Waals surface area contributed by atoms with Crippen molar-refractivity contribution in [3.05, 3.63) is 65.7 Å². The van der Waals surface area contributed by atoms with Gasteiger partial charge in [-0.25, -0.2) is 0 Å². The topological polar surface area (TPSA) is 47.1 Å². The van der Waals surface area contributed by atoms with Gasteiger partial charge in [-0.1, -0.05) is 48.5 Å². The highest BCUT2D eigenvalue weighted by Gasteiger charge is 2.36. The van der Waals surface area contributed by atoms with Crippen molar-refractivity contribution in [2.75, 3.05) is 44.2 Å². The summed E-state index contributed by atoms with van der Waals surface area (Å²) >= 11 is 0. The number of hydrogen-bond acceptors (Lipinski definition) is 4. The van der Waals surface area contributed by atoms with Crippen molar-refractivity contribution in [1.82, 2.24) is 14.7 Å². The Hall–Kier alpha value is -2.86. The van der Waals surface area contributed by atoms with Crippen LogP contribution in [0.4, 0.5) is 5.69 Å². The molecule has 3 heterocycles. The van der Waals surface area contributed by atoms with E-state index < -0.39 is 0 Å². The van der Waals surface area contributed by atoms with Gasteiger partial charge in [0.25, 0.3) is 0 Å². The lowest BCUT2D eigenvalue weighted by atomic mass is 9.94. The summed E-state index contributed by atoms with van der Waals surface area (Å²) in [7, 11) is 0. The van der Waals surface area contributed by atoms with Crippen LogP contribution in [0.2, 0.25) is 0 Å². The van der Waals surface area contributed by atoms with Crippen LogP contribution in [0.3, 0.4) is 0 Å². The van der Waals surface area contributed by atoms with Crippen molar-refractivity contribution in [1.29, 1.82) is 0 Å². The largest absolute Gasteiger partial charge is 0.364 e. The van der Waals surface area contributed by atoms with E-state index in [4.69, 9.17) is 0 Å². The molecule has 5 rings (SSSR count). The van der Waals surface area contributed by atoms with Gasteiger partial charge in [0, 0.05) is 70.9 Å². The molecule has 0 aliphatic carbocycles. The van der Waals surface area contributed by atoms with Crippen LogP contribution in [0.1, 0.15) is 30.9 Å². The van der Waals surface area contributed by atoms with E-state index in [1.807, 2.05) is 4.90 Å². The average molecular weight is 447 g/mol. The highest BCUT2D eigenvalue weighted by Crippen LogP contribution is 2.32. The molecule has 6 nitrogen and oxygen atoms in total. The third-order valence-electron chi connectivity index (χ3n) is 7.51. The number of hydrogen-bond donors (Lipinski definition) is 0. The van der Waals surface area contributed by atoms with Gasteiger partial charge >= 0.3 is 0 Å². The van der Waals surface area contributed by atoms with Crippen LogP contribution in [0.25, 0.3) is 0 Å². The van der Waals surface area contributed by atoms with Crippen LogP contribution in [-0.4, -0.2) is 71.8 Å². The van der Waals surface area contributed by atoms with E-state index in [9.17, 15) is 9.59 Å². The summed E-state index contributed by atoms with van der Waals surface area (Å²) in [5.74, 6) is 0.388. The Balaban J connectivity index is 1.33. The smallest absolute Gasteiger partial charge is 0.226 e. The molecule has 0 saturated carbocycles. The predicted octanol–water partition coefficient (Wildman–Crippen LogP) is 2.98. The van der Waals surface area contributed by atoms with Gasteiger partial charge in [-0.3, -0.25) is 14.5 Å². The number of piperazine rings is 1. The monoisotopic (exact) mass is 446 g/mol. The van der Waals surface area contributed by atoms with Crippen molar-refractivity contribution < 1.29 is 9.59 Å². The van der Waals surface area contributed by atoms with Crippen LogP contribution in [0.5, 0.6) is 0 Å². The third kappa shape index (κ3) is 4.76. The zero-order valence-electron chi connectivity index (χ0n) is 19.5. The fourth-order valence-corrected chi connectivity index (χ4v) is 5.70. The molecular weight excluding hydrogens is 412 g/mol. The summed E-state index contributed by atoms with van der Waals surface area (Å²) in [6, 6.07) is 19.5. The van der Waals surface area contributed by atoms with Gasteiger partial charge in [-0.2, -0.15) is 0 Å². The first kappa shape index (κ1) is 22.0. The molecule has 3 aliphatic rings. The molecule has 0 radical (unpaired) electrons. The minimum Gasteiger partial charge on any atom is -0.364 e. The first-order valence-corrected chi connectivity index (χ1v) is 12.2. The minimum atomic E-state index is 0.0170. The van der Waals surface area contributed by atoms with Crippen LogP contribution in [-0.2, 0) is 22.7 Å². The summed E-state index contributed by atoms with van der Waals surface area (Å²) in [5.41, 5.74) is 3.86. The van der Waals surface area contributed by atoms with Crippen molar-refractivity contribution in [3.63, 3.8) is 0 Å². The first-order valence-electron chi connectivity index (χ1n) is 12.2. The van der Waals surface area contributed by atoms with Crippen LogP contribution >= 0.6 is 0 Å². The van der Waals surface area contributed by atoms with Gasteiger partial charge in [0.15, 0.2) is 0 Å². The number of benzene rings is 2. The number of piperidine rings is 1. The molecule has 1 unspecified atom stereocenters. The van der Waals surface area contributed by atoms with Crippen molar-refractivity contribution >= 4 is 17.5 Å². The molecule has 2 saturated heterocycles. The van der Waals surface area contributed by atoms with E-state index in [0.717, 1.165) is 45.6 Å². The molecule has 0 N–H and O–H groups in total. The second-order valence-electron chi connectivity index (χ2n) is 9.70. The van der Waals surface area contributed by atoms with Gasteiger partial charge in [-0.15, -0.1) is 0 Å². The standard InChI is InChI=1S/C27H34N4O2/c1-21(32)29-13-11-23(12-14-29)27(33)30-18-24-9-5-6-10-26(24)31-16-15-28(19-25(31)20-30)17-22-7-3-2-4-8-22/h2-10,23,25H,11-20H2,1H3. The number of rotatable bonds is 3. The zero-order valence-corrected chi connectivity index (χ0v) is 19.5. The molecule has 33 heavy (non-hydrogen) atoms. The van der Waals surface area contributed by atoms with Gasteiger partial charge in [0.1, 0.15) is 0 Å². The first-order chi connectivity index (χ1) is 16.1. The average Bonchev–Trinajstić information content (AvgIpc) is 3.01. The Bertz CT molecular complexity index is 987. The predicted molar refractivity (Wildman–Crippen MR) is 130 cm³/mol. The summed E-state index contributed by atoms with van der Waals surface area (Å²) in [6.45, 7) is 8.34. The fourth-order valence-electron chi connectivity index (χ4n) is 5.70. The van der Waals surface area contributed by atoms with Gasteiger partial charge < -0.3 is 14.7 Å². The lowest BCUT2D eigenvalue weighted by Gasteiger charge is -2.43. The van der Waals surface area contributed by atoms with E-state index in [-0.39, 0.29) is 23.8 Å². The molecule has 2 aromatic carbocycles. The third-order valence-corrected chi connectivity index (χ3v) is 7.51. The normalized spacial score (nSPS) is 21.8. The molecule has 1 atom stereocenters. The summed E-state index contributed by atoms with van der Waals surface area (Å²) in [4.78, 5) is 34.4. The van der Waals surface area contributed by atoms with Crippen molar-refractivity contribution in [2.45, 2.75) is 38.9 Å². The Morgan fingerprint density at radius 2 is 1.58 bits per heavy atom. The van der Waals surface area contributed by atoms with E-state index in [2.05, 4.69) is 69.3 Å². The number of para-hydroxylation sites is 1. The molecule has 6 heteroatoms. The zero-order chi connectivity index (χ0) is 22.8. The SMILES string of the molecule is CC(=O)N1CCC(C(=O)N2Cc3ccccc3N3CCN(Cc4ccccc4)CC3C2)CC1. The quantitative estimate of drug-likeness (QED) is 0.727. The van der Waals surface area contributed by atoms with Gasteiger partial charge in [0.05, 0.1) is 6.04 Å². The van der Waals surface area contributed by atoms with E-state index >= 15 is 0 Å². The summed E-state index contributed by atoms with van der Waals surface area (Å²) in [5, 5.41) is 0. The maximum Gasteiger partial charge on any atom is 0.226 e. The van der Waals surface area contributed by atoms with Crippen molar-refractivity contribution in [3.8, 4) is 0 Å². The summed E-state index contributed by atoms with van der Waals surface area (Å²) in [6.07, 6.45) is 1.54. The number of likely N-dealkylation sites (tertiary alicyclic amines) is 1. The Morgan fingerprint density at radius 3 is 2.33 bits per heavy atom. The molecule has 0 aromatic heterocycles. The molecule has 2 fully saturated rings. The van der Waals surface area contributed by atoms with E-state index in [0.29, 0.717) is 19.6 Å². The second kappa shape index (κ2) is 9.56. The second-order valence-corrected chi connectivity index (χ2v) is 9.70. The molecule has 2 amide bonds. The van der Waals surface area contributed by atoms with Crippen molar-refractivity contribution in [2.24, 2.45) is 5.92 Å². The maximum absolute atomic E-state index is 13.6. The Labute approximate surface area is 196 Å². The molecular formula is C27H34N4O2. The van der Waals surface area contributed by atoms with Crippen LogP contribution < -0.4 is 4.90 Å². The molecule has 3 aliphatic heterocycles. The number of carbonyl (C=O) groups is 2. The number of nitrogens with zero attached hydrogens (tertiary/aromatic N) is 4. The number of carbonyl (C=O) groups excluding carboxylic acids is 2. The van der Waals surface area contributed by atoms with E-state index in [1.54, 1.807) is 6.92 Å². The fraction of sp³-hybridized carbons (Fsp3) is 0.481. The van der Waals surface area contributed by atoms with Crippen LogP contribution in [0, 0.1) is 5.92 Å². The molecule has 174 valence electrons. The minimum absolute atomic E-state index is 0.0170.